The Kier molecular flexibility index (Phi) is 4.94. The zero-order valence-corrected chi connectivity index (χ0v) is 15.8. The van der Waals surface area contributed by atoms with Crippen LogP contribution in [0.15, 0.2) is 48.5 Å². The maximum atomic E-state index is 12.9. The standard InChI is InChI=1S/C21H21ClN2O3/c1-26-20-4-2-3-18-17(20)13-19(23-18)21(25)24-11-9-16(10-12-24)27-15-7-5-14(22)6-8-15/h2-8,13,16,23H,9-12H2,1H3. The van der Waals surface area contributed by atoms with E-state index in [1.165, 1.54) is 0 Å². The van der Waals surface area contributed by atoms with Gasteiger partial charge in [-0.05, 0) is 42.5 Å². The average Bonchev–Trinajstić information content (AvgIpc) is 3.14. The molecule has 1 N–H and O–H groups in total. The number of aromatic amines is 1. The van der Waals surface area contributed by atoms with Crippen LogP contribution in [0.4, 0.5) is 0 Å². The number of hydrogen-bond donors (Lipinski definition) is 1. The molecule has 0 radical (unpaired) electrons. The number of hydrogen-bond acceptors (Lipinski definition) is 3. The van der Waals surface area contributed by atoms with E-state index in [2.05, 4.69) is 4.98 Å². The summed E-state index contributed by atoms with van der Waals surface area (Å²) >= 11 is 5.90. The first-order valence-corrected chi connectivity index (χ1v) is 9.39. The summed E-state index contributed by atoms with van der Waals surface area (Å²) in [6, 6.07) is 15.0. The van der Waals surface area contributed by atoms with Gasteiger partial charge < -0.3 is 19.4 Å². The molecule has 0 unspecified atom stereocenters. The fraction of sp³-hybridized carbons (Fsp3) is 0.286. The minimum atomic E-state index is 0.0122. The van der Waals surface area contributed by atoms with Crippen LogP contribution in [0.3, 0.4) is 0 Å². The van der Waals surface area contributed by atoms with Crippen molar-refractivity contribution in [2.24, 2.45) is 0 Å². The molecule has 1 fully saturated rings. The summed E-state index contributed by atoms with van der Waals surface area (Å²) in [5.41, 5.74) is 1.49. The minimum absolute atomic E-state index is 0.0122. The number of methoxy groups -OCH3 is 1. The summed E-state index contributed by atoms with van der Waals surface area (Å²) in [5, 5.41) is 1.61. The van der Waals surface area contributed by atoms with Gasteiger partial charge in [0.1, 0.15) is 23.3 Å². The van der Waals surface area contributed by atoms with Gasteiger partial charge in [-0.2, -0.15) is 0 Å². The third-order valence-corrected chi connectivity index (χ3v) is 5.17. The van der Waals surface area contributed by atoms with Gasteiger partial charge in [0.2, 0.25) is 0 Å². The lowest BCUT2D eigenvalue weighted by Gasteiger charge is -2.32. The first kappa shape index (κ1) is 17.7. The number of carbonyl (C=O) groups is 1. The molecule has 5 nitrogen and oxygen atoms in total. The van der Waals surface area contributed by atoms with Crippen molar-refractivity contribution in [2.75, 3.05) is 20.2 Å². The van der Waals surface area contributed by atoms with Gasteiger partial charge in [-0.3, -0.25) is 4.79 Å². The fourth-order valence-corrected chi connectivity index (χ4v) is 3.60. The Morgan fingerprint density at radius 3 is 2.59 bits per heavy atom. The summed E-state index contributed by atoms with van der Waals surface area (Å²) < 4.78 is 11.4. The second-order valence-corrected chi connectivity index (χ2v) is 7.10. The number of ether oxygens (including phenoxy) is 2. The van der Waals surface area contributed by atoms with Crippen molar-refractivity contribution in [1.82, 2.24) is 9.88 Å². The van der Waals surface area contributed by atoms with E-state index in [-0.39, 0.29) is 12.0 Å². The first-order chi connectivity index (χ1) is 13.1. The van der Waals surface area contributed by atoms with Gasteiger partial charge in [-0.1, -0.05) is 17.7 Å². The molecule has 6 heteroatoms. The molecule has 1 aromatic heterocycles. The number of likely N-dealkylation sites (tertiary alicyclic amines) is 1. The number of nitrogens with zero attached hydrogens (tertiary/aromatic N) is 1. The molecule has 0 bridgehead atoms. The number of H-pyrrole nitrogens is 1. The van der Waals surface area contributed by atoms with Crippen molar-refractivity contribution in [2.45, 2.75) is 18.9 Å². The molecule has 140 valence electrons. The molecule has 1 aliphatic heterocycles. The van der Waals surface area contributed by atoms with Gasteiger partial charge >= 0.3 is 0 Å². The molecule has 1 aliphatic rings. The quantitative estimate of drug-likeness (QED) is 0.719. The van der Waals surface area contributed by atoms with Crippen molar-refractivity contribution < 1.29 is 14.3 Å². The topological polar surface area (TPSA) is 54.6 Å². The summed E-state index contributed by atoms with van der Waals surface area (Å²) in [6.45, 7) is 1.34. The lowest BCUT2D eigenvalue weighted by molar-refractivity contribution is 0.0591. The Morgan fingerprint density at radius 2 is 1.89 bits per heavy atom. The number of aromatic nitrogens is 1. The zero-order chi connectivity index (χ0) is 18.8. The van der Waals surface area contributed by atoms with E-state index in [1.54, 1.807) is 7.11 Å². The number of nitrogens with one attached hydrogen (secondary N) is 1. The van der Waals surface area contributed by atoms with E-state index < -0.39 is 0 Å². The Labute approximate surface area is 162 Å². The number of amides is 1. The monoisotopic (exact) mass is 384 g/mol. The molecule has 0 aliphatic carbocycles. The van der Waals surface area contributed by atoms with E-state index in [1.807, 2.05) is 53.4 Å². The van der Waals surface area contributed by atoms with Crippen molar-refractivity contribution >= 4 is 28.4 Å². The Bertz CT molecular complexity index is 944. The number of halogens is 1. The molecule has 2 heterocycles. The normalized spacial score (nSPS) is 15.1. The molecule has 1 amide bonds. The van der Waals surface area contributed by atoms with E-state index in [0.29, 0.717) is 23.8 Å². The Balaban J connectivity index is 1.40. The molecule has 27 heavy (non-hydrogen) atoms. The maximum absolute atomic E-state index is 12.9. The largest absolute Gasteiger partial charge is 0.496 e. The zero-order valence-electron chi connectivity index (χ0n) is 15.1. The summed E-state index contributed by atoms with van der Waals surface area (Å²) in [5.74, 6) is 1.59. The number of carbonyl (C=O) groups excluding carboxylic acids is 1. The summed E-state index contributed by atoms with van der Waals surface area (Å²) in [7, 11) is 1.63. The van der Waals surface area contributed by atoms with Crippen LogP contribution in [-0.4, -0.2) is 42.1 Å². The highest BCUT2D eigenvalue weighted by molar-refractivity contribution is 6.30. The maximum Gasteiger partial charge on any atom is 0.270 e. The predicted octanol–water partition coefficient (Wildman–Crippen LogP) is 4.51. The second-order valence-electron chi connectivity index (χ2n) is 6.67. The Morgan fingerprint density at radius 1 is 1.15 bits per heavy atom. The van der Waals surface area contributed by atoms with Gasteiger partial charge in [0.05, 0.1) is 7.11 Å². The fourth-order valence-electron chi connectivity index (χ4n) is 3.47. The first-order valence-electron chi connectivity index (χ1n) is 9.01. The van der Waals surface area contributed by atoms with Gasteiger partial charge in [-0.15, -0.1) is 0 Å². The summed E-state index contributed by atoms with van der Waals surface area (Å²) in [6.07, 6.45) is 1.72. The molecule has 0 atom stereocenters. The van der Waals surface area contributed by atoms with E-state index in [0.717, 1.165) is 35.2 Å². The Hall–Kier alpha value is -2.66. The number of fused-ring (bicyclic) bond motifs is 1. The minimum Gasteiger partial charge on any atom is -0.496 e. The van der Waals surface area contributed by atoms with Crippen LogP contribution in [-0.2, 0) is 0 Å². The number of rotatable bonds is 4. The molecule has 2 aromatic carbocycles. The van der Waals surface area contributed by atoms with Crippen LogP contribution in [0.1, 0.15) is 23.3 Å². The second kappa shape index (κ2) is 7.53. The average molecular weight is 385 g/mol. The molecule has 0 spiro atoms. The smallest absolute Gasteiger partial charge is 0.270 e. The van der Waals surface area contributed by atoms with E-state index >= 15 is 0 Å². The molecular formula is C21H21ClN2O3. The van der Waals surface area contributed by atoms with E-state index in [4.69, 9.17) is 21.1 Å². The van der Waals surface area contributed by atoms with Crippen LogP contribution >= 0.6 is 11.6 Å². The number of piperidine rings is 1. The van der Waals surface area contributed by atoms with Crippen molar-refractivity contribution in [3.8, 4) is 11.5 Å². The van der Waals surface area contributed by atoms with Crippen LogP contribution in [0, 0.1) is 0 Å². The summed E-state index contributed by atoms with van der Waals surface area (Å²) in [4.78, 5) is 18.0. The van der Waals surface area contributed by atoms with Gasteiger partial charge in [0, 0.05) is 41.9 Å². The third-order valence-electron chi connectivity index (χ3n) is 4.92. The lowest BCUT2D eigenvalue weighted by atomic mass is 10.1. The lowest BCUT2D eigenvalue weighted by Crippen LogP contribution is -2.41. The highest BCUT2D eigenvalue weighted by atomic mass is 35.5. The highest BCUT2D eigenvalue weighted by Gasteiger charge is 2.26. The number of benzene rings is 2. The SMILES string of the molecule is COc1cccc2[nH]c(C(=O)N3CCC(Oc4ccc(Cl)cc4)CC3)cc12. The van der Waals surface area contributed by atoms with Crippen molar-refractivity contribution in [3.63, 3.8) is 0 Å². The van der Waals surface area contributed by atoms with Crippen LogP contribution < -0.4 is 9.47 Å². The van der Waals surface area contributed by atoms with Crippen molar-refractivity contribution in [1.29, 1.82) is 0 Å². The highest BCUT2D eigenvalue weighted by Crippen LogP contribution is 2.27. The molecule has 0 saturated carbocycles. The van der Waals surface area contributed by atoms with Gasteiger partial charge in [0.15, 0.2) is 0 Å². The molecule has 1 saturated heterocycles. The third kappa shape index (κ3) is 3.74. The van der Waals surface area contributed by atoms with E-state index in [9.17, 15) is 4.79 Å². The molecule has 4 rings (SSSR count). The molecular weight excluding hydrogens is 364 g/mol. The predicted molar refractivity (Wildman–Crippen MR) is 106 cm³/mol. The van der Waals surface area contributed by atoms with Crippen LogP contribution in [0.5, 0.6) is 11.5 Å². The van der Waals surface area contributed by atoms with Gasteiger partial charge in [0.25, 0.3) is 5.91 Å². The van der Waals surface area contributed by atoms with Crippen LogP contribution in [0.25, 0.3) is 10.9 Å². The molecule has 3 aromatic rings. The van der Waals surface area contributed by atoms with Gasteiger partial charge in [-0.25, -0.2) is 0 Å². The van der Waals surface area contributed by atoms with Crippen LogP contribution in [0.2, 0.25) is 5.02 Å². The van der Waals surface area contributed by atoms with Crippen molar-refractivity contribution in [3.05, 3.63) is 59.2 Å².